The molecule has 2 aromatic heterocycles. The number of aromatic nitrogens is 3. The molecule has 0 unspecified atom stereocenters. The zero-order valence-electron chi connectivity index (χ0n) is 15.3. The molecule has 0 aliphatic rings. The fourth-order valence-corrected chi connectivity index (χ4v) is 3.21. The van der Waals surface area contributed by atoms with E-state index in [1.165, 1.54) is 24.1 Å². The van der Waals surface area contributed by atoms with E-state index in [0.717, 1.165) is 12.1 Å². The highest BCUT2D eigenvalue weighted by molar-refractivity contribution is 5.97. The summed E-state index contributed by atoms with van der Waals surface area (Å²) in [6, 6.07) is 11.9. The predicted molar refractivity (Wildman–Crippen MR) is 102 cm³/mol. The SMILES string of the molecule is COc1nccc2c1c(-c1ccc(CC(=O)O)cc1)nn2-c1c(F)cccc1F. The number of carbonyl (C=O) groups is 1. The molecule has 0 saturated heterocycles. The summed E-state index contributed by atoms with van der Waals surface area (Å²) < 4.78 is 35.4. The third kappa shape index (κ3) is 3.29. The number of fused-ring (bicyclic) bond motifs is 1. The minimum Gasteiger partial charge on any atom is -0.481 e. The van der Waals surface area contributed by atoms with Crippen molar-refractivity contribution in [3.8, 4) is 22.8 Å². The molecule has 0 spiro atoms. The van der Waals surface area contributed by atoms with Gasteiger partial charge in [0.05, 0.1) is 24.4 Å². The van der Waals surface area contributed by atoms with Gasteiger partial charge in [-0.25, -0.2) is 18.4 Å². The molecule has 0 fully saturated rings. The van der Waals surface area contributed by atoms with Crippen molar-refractivity contribution in [1.82, 2.24) is 14.8 Å². The van der Waals surface area contributed by atoms with Gasteiger partial charge < -0.3 is 9.84 Å². The van der Waals surface area contributed by atoms with E-state index in [4.69, 9.17) is 9.84 Å². The fraction of sp³-hybridized carbons (Fsp3) is 0.0952. The highest BCUT2D eigenvalue weighted by atomic mass is 19.1. The van der Waals surface area contributed by atoms with Crippen molar-refractivity contribution in [2.75, 3.05) is 7.11 Å². The fourth-order valence-electron chi connectivity index (χ4n) is 3.21. The number of rotatable bonds is 5. The molecular formula is C21H15F2N3O3. The Bertz CT molecular complexity index is 1200. The molecule has 0 atom stereocenters. The van der Waals surface area contributed by atoms with Crippen LogP contribution in [0.3, 0.4) is 0 Å². The predicted octanol–water partition coefficient (Wildman–Crippen LogP) is 4.00. The summed E-state index contributed by atoms with van der Waals surface area (Å²) in [7, 11) is 1.45. The van der Waals surface area contributed by atoms with Gasteiger partial charge in [0.1, 0.15) is 11.4 Å². The monoisotopic (exact) mass is 395 g/mol. The Hall–Kier alpha value is -3.81. The molecule has 8 heteroatoms. The van der Waals surface area contributed by atoms with E-state index in [1.807, 2.05) is 0 Å². The molecule has 0 amide bonds. The average molecular weight is 395 g/mol. The van der Waals surface area contributed by atoms with Crippen molar-refractivity contribution >= 4 is 16.9 Å². The van der Waals surface area contributed by atoms with Gasteiger partial charge in [-0.1, -0.05) is 30.3 Å². The van der Waals surface area contributed by atoms with E-state index >= 15 is 0 Å². The number of carboxylic acid groups (broad SMARTS) is 1. The molecular weight excluding hydrogens is 380 g/mol. The first-order valence-electron chi connectivity index (χ1n) is 8.67. The maximum Gasteiger partial charge on any atom is 0.307 e. The molecule has 146 valence electrons. The van der Waals surface area contributed by atoms with Crippen LogP contribution in [0.5, 0.6) is 5.88 Å². The van der Waals surface area contributed by atoms with Gasteiger partial charge in [0.2, 0.25) is 5.88 Å². The van der Waals surface area contributed by atoms with E-state index in [1.54, 1.807) is 30.3 Å². The van der Waals surface area contributed by atoms with Crippen LogP contribution in [-0.4, -0.2) is 33.0 Å². The normalized spacial score (nSPS) is 11.0. The van der Waals surface area contributed by atoms with Gasteiger partial charge in [0.15, 0.2) is 11.6 Å². The van der Waals surface area contributed by atoms with E-state index in [-0.39, 0.29) is 18.0 Å². The van der Waals surface area contributed by atoms with Crippen LogP contribution < -0.4 is 4.74 Å². The minimum atomic E-state index is -0.937. The van der Waals surface area contributed by atoms with Crippen molar-refractivity contribution in [2.24, 2.45) is 0 Å². The number of nitrogens with zero attached hydrogens (tertiary/aromatic N) is 3. The van der Waals surface area contributed by atoms with Crippen LogP contribution in [0.4, 0.5) is 8.78 Å². The quantitative estimate of drug-likeness (QED) is 0.553. The highest BCUT2D eigenvalue weighted by Gasteiger charge is 2.22. The van der Waals surface area contributed by atoms with Crippen molar-refractivity contribution in [3.63, 3.8) is 0 Å². The maximum absolute atomic E-state index is 14.4. The van der Waals surface area contributed by atoms with Crippen LogP contribution in [0.15, 0.2) is 54.7 Å². The van der Waals surface area contributed by atoms with Crippen molar-refractivity contribution < 1.29 is 23.4 Å². The Morgan fingerprint density at radius 3 is 2.41 bits per heavy atom. The molecule has 0 radical (unpaired) electrons. The first-order valence-corrected chi connectivity index (χ1v) is 8.67. The van der Waals surface area contributed by atoms with Gasteiger partial charge in [-0.15, -0.1) is 0 Å². The molecule has 2 heterocycles. The van der Waals surface area contributed by atoms with Gasteiger partial charge in [-0.2, -0.15) is 5.10 Å². The summed E-state index contributed by atoms with van der Waals surface area (Å²) >= 11 is 0. The summed E-state index contributed by atoms with van der Waals surface area (Å²) in [5, 5.41) is 13.9. The van der Waals surface area contributed by atoms with E-state index in [0.29, 0.717) is 27.7 Å². The Labute approximate surface area is 164 Å². The summed E-state index contributed by atoms with van der Waals surface area (Å²) in [6.07, 6.45) is 1.36. The molecule has 4 aromatic rings. The average Bonchev–Trinajstić information content (AvgIpc) is 3.07. The standard InChI is InChI=1S/C21H15F2N3O3/c1-29-21-18-16(9-10-24-21)26(20-14(22)3-2-4-15(20)23)25-19(18)13-7-5-12(6-8-13)11-17(27)28/h2-10H,11H2,1H3,(H,27,28). The molecule has 0 aliphatic heterocycles. The number of pyridine rings is 1. The minimum absolute atomic E-state index is 0.110. The highest BCUT2D eigenvalue weighted by Crippen LogP contribution is 2.35. The molecule has 2 aromatic carbocycles. The zero-order valence-corrected chi connectivity index (χ0v) is 15.3. The van der Waals surface area contributed by atoms with Gasteiger partial charge in [-0.05, 0) is 23.8 Å². The number of halogens is 2. The van der Waals surface area contributed by atoms with Crippen LogP contribution in [0.25, 0.3) is 27.8 Å². The smallest absolute Gasteiger partial charge is 0.307 e. The number of aliphatic carboxylic acids is 1. The second kappa shape index (κ2) is 7.31. The second-order valence-electron chi connectivity index (χ2n) is 6.31. The van der Waals surface area contributed by atoms with Crippen molar-refractivity contribution in [3.05, 3.63) is 71.9 Å². The number of methoxy groups -OCH3 is 1. The number of benzene rings is 2. The topological polar surface area (TPSA) is 77.2 Å². The van der Waals surface area contributed by atoms with Crippen molar-refractivity contribution in [2.45, 2.75) is 6.42 Å². The van der Waals surface area contributed by atoms with E-state index in [9.17, 15) is 13.6 Å². The molecule has 6 nitrogen and oxygen atoms in total. The number of ether oxygens (including phenoxy) is 1. The maximum atomic E-state index is 14.4. The number of hydrogen-bond acceptors (Lipinski definition) is 4. The van der Waals surface area contributed by atoms with Crippen molar-refractivity contribution in [1.29, 1.82) is 0 Å². The molecule has 1 N–H and O–H groups in total. The van der Waals surface area contributed by atoms with Gasteiger partial charge in [0, 0.05) is 11.8 Å². The molecule has 0 aliphatic carbocycles. The van der Waals surface area contributed by atoms with Crippen LogP contribution in [-0.2, 0) is 11.2 Å². The summed E-state index contributed by atoms with van der Waals surface area (Å²) in [4.78, 5) is 15.1. The first-order chi connectivity index (χ1) is 14.0. The Balaban J connectivity index is 1.96. The molecule has 0 saturated carbocycles. The molecule has 0 bridgehead atoms. The third-order valence-corrected chi connectivity index (χ3v) is 4.48. The summed E-state index contributed by atoms with van der Waals surface area (Å²) in [5.41, 5.74) is 1.78. The lowest BCUT2D eigenvalue weighted by atomic mass is 10.1. The van der Waals surface area contributed by atoms with Crippen LogP contribution in [0.2, 0.25) is 0 Å². The lowest BCUT2D eigenvalue weighted by Gasteiger charge is -2.06. The number of para-hydroxylation sites is 1. The lowest BCUT2D eigenvalue weighted by Crippen LogP contribution is -2.03. The largest absolute Gasteiger partial charge is 0.481 e. The van der Waals surface area contributed by atoms with Gasteiger partial charge in [0.25, 0.3) is 0 Å². The van der Waals surface area contributed by atoms with Gasteiger partial charge in [-0.3, -0.25) is 4.79 Å². The summed E-state index contributed by atoms with van der Waals surface area (Å²) in [6.45, 7) is 0. The van der Waals surface area contributed by atoms with E-state index in [2.05, 4.69) is 10.1 Å². The summed E-state index contributed by atoms with van der Waals surface area (Å²) in [5.74, 6) is -2.19. The van der Waals surface area contributed by atoms with Crippen LogP contribution >= 0.6 is 0 Å². The number of hydrogen-bond donors (Lipinski definition) is 1. The van der Waals surface area contributed by atoms with Gasteiger partial charge >= 0.3 is 5.97 Å². The Morgan fingerprint density at radius 1 is 1.10 bits per heavy atom. The first kappa shape index (κ1) is 18.5. The second-order valence-corrected chi connectivity index (χ2v) is 6.31. The Kier molecular flexibility index (Phi) is 4.67. The third-order valence-electron chi connectivity index (χ3n) is 4.48. The van der Waals surface area contributed by atoms with E-state index < -0.39 is 17.6 Å². The van der Waals surface area contributed by atoms with Crippen LogP contribution in [0, 0.1) is 11.6 Å². The molecule has 4 rings (SSSR count). The zero-order chi connectivity index (χ0) is 20.5. The molecule has 29 heavy (non-hydrogen) atoms. The van der Waals surface area contributed by atoms with Crippen LogP contribution in [0.1, 0.15) is 5.56 Å². The number of carboxylic acids is 1. The Morgan fingerprint density at radius 2 is 1.79 bits per heavy atom. The lowest BCUT2D eigenvalue weighted by molar-refractivity contribution is -0.136.